The van der Waals surface area contributed by atoms with Gasteiger partial charge in [0.25, 0.3) is 0 Å². The lowest BCUT2D eigenvalue weighted by molar-refractivity contribution is 0.443. The van der Waals surface area contributed by atoms with Crippen LogP contribution in [0, 0.1) is 0 Å². The van der Waals surface area contributed by atoms with Crippen molar-refractivity contribution in [2.45, 2.75) is 195 Å². The van der Waals surface area contributed by atoms with Crippen molar-refractivity contribution in [3.63, 3.8) is 0 Å². The fourth-order valence-electron chi connectivity index (χ4n) is 10.3. The average molecular weight is 1040 g/mol. The Hall–Kier alpha value is -4.64. The van der Waals surface area contributed by atoms with Crippen molar-refractivity contribution in [1.82, 2.24) is 0 Å². The zero-order valence-electron chi connectivity index (χ0n) is 47.3. The number of nitrogens with zero attached hydrogens (tertiary/aromatic N) is 2. The maximum atomic E-state index is 4.25. The zero-order valence-corrected chi connectivity index (χ0v) is 49.7. The highest BCUT2D eigenvalue weighted by Gasteiger charge is 2.30. The molecule has 0 aliphatic heterocycles. The number of hydrogen-bond acceptors (Lipinski definition) is 3. The van der Waals surface area contributed by atoms with Gasteiger partial charge in [-0.1, -0.05) is 192 Å². The molecule has 1 saturated carbocycles. The van der Waals surface area contributed by atoms with E-state index >= 15 is 0 Å². The van der Waals surface area contributed by atoms with Gasteiger partial charge in [0.05, 0.1) is 17.1 Å². The van der Waals surface area contributed by atoms with Gasteiger partial charge >= 0.3 is 0 Å². The molecule has 1 fully saturated rings. The van der Waals surface area contributed by atoms with E-state index in [1.54, 1.807) is 0 Å². The number of thiophene rings is 1. The molecule has 7 aromatic rings. The topological polar surface area (TPSA) is 6.48 Å². The minimum absolute atomic E-state index is 0.00983. The number of rotatable bonds is 8. The molecule has 0 spiro atoms. The van der Waals surface area contributed by atoms with Gasteiger partial charge in [0.15, 0.2) is 0 Å². The second-order valence-electron chi connectivity index (χ2n) is 27.4. The molecule has 0 radical (unpaired) electrons. The Balaban J connectivity index is 1.47. The van der Waals surface area contributed by atoms with Crippen LogP contribution in [0.25, 0.3) is 21.2 Å². The largest absolute Gasteiger partial charge is 0.309 e. The van der Waals surface area contributed by atoms with E-state index in [1.165, 1.54) is 104 Å². The summed E-state index contributed by atoms with van der Waals surface area (Å²) < 4.78 is 2.37. The molecule has 8 rings (SSSR count). The summed E-state index contributed by atoms with van der Waals surface area (Å²) in [6, 6.07) is 45.9. The van der Waals surface area contributed by atoms with Crippen molar-refractivity contribution >= 4 is 71.5 Å². The first kappa shape index (κ1) is 53.6. The van der Waals surface area contributed by atoms with E-state index in [0.717, 1.165) is 27.2 Å². The smallest absolute Gasteiger partial charge is 0.0647 e. The highest BCUT2D eigenvalue weighted by Crippen LogP contribution is 2.51. The van der Waals surface area contributed by atoms with Crippen LogP contribution in [0.3, 0.4) is 0 Å². The molecule has 0 saturated heterocycles. The molecule has 0 unspecified atom stereocenters. The van der Waals surface area contributed by atoms with Gasteiger partial charge in [0.2, 0.25) is 0 Å². The lowest BCUT2D eigenvalue weighted by Crippen LogP contribution is -2.20. The van der Waals surface area contributed by atoms with Crippen LogP contribution in [0.5, 0.6) is 0 Å². The molecule has 380 valence electrons. The quantitative estimate of drug-likeness (QED) is 0.150. The van der Waals surface area contributed by atoms with E-state index in [9.17, 15) is 0 Å². The second-order valence-corrected chi connectivity index (χ2v) is 29.1. The molecule has 0 amide bonds. The highest BCUT2D eigenvalue weighted by atomic mass is 79.9. The SMILES string of the molecule is CC(C)(C)c1cc(N(c2ccc(C(C)(C)C)cc2Br)c2ccc(C(C)(C)C)cc2-c2cc(C(C)(C)C)cc(C(C)(C)C)c2)cc(N(c2ccc(C3CCCCC3)cc2)c2csc3ccc(C(C)(C)C)cc23)c1. The molecule has 0 atom stereocenters. The van der Waals surface area contributed by atoms with Gasteiger partial charge in [-0.25, -0.2) is 0 Å². The van der Waals surface area contributed by atoms with Crippen LogP contribution in [0.2, 0.25) is 0 Å². The average Bonchev–Trinajstić information content (AvgIpc) is 3.71. The normalized spacial score (nSPS) is 14.5. The fourth-order valence-corrected chi connectivity index (χ4v) is 11.8. The molecule has 1 aromatic heterocycles. The summed E-state index contributed by atoms with van der Waals surface area (Å²) in [5.41, 5.74) is 18.4. The summed E-state index contributed by atoms with van der Waals surface area (Å²) >= 11 is 6.10. The van der Waals surface area contributed by atoms with Crippen molar-refractivity contribution in [3.05, 3.63) is 164 Å². The van der Waals surface area contributed by atoms with E-state index in [1.807, 2.05) is 11.3 Å². The molecule has 1 aliphatic rings. The van der Waals surface area contributed by atoms with Crippen LogP contribution in [0.15, 0.2) is 125 Å². The Morgan fingerprint density at radius 3 is 1.40 bits per heavy atom. The monoisotopic (exact) mass is 1040 g/mol. The van der Waals surface area contributed by atoms with Gasteiger partial charge in [-0.3, -0.25) is 0 Å². The summed E-state index contributed by atoms with van der Waals surface area (Å²) in [7, 11) is 0. The second kappa shape index (κ2) is 19.6. The van der Waals surface area contributed by atoms with Crippen molar-refractivity contribution < 1.29 is 0 Å². The van der Waals surface area contributed by atoms with Gasteiger partial charge in [0, 0.05) is 42.6 Å². The Morgan fingerprint density at radius 1 is 0.403 bits per heavy atom. The molecule has 1 aliphatic carbocycles. The Morgan fingerprint density at radius 2 is 0.875 bits per heavy atom. The third-order valence-corrected chi connectivity index (χ3v) is 16.9. The van der Waals surface area contributed by atoms with Crippen LogP contribution < -0.4 is 9.80 Å². The number of hydrogen-bond donors (Lipinski definition) is 0. The predicted octanol–water partition coefficient (Wildman–Crippen LogP) is 22.1. The molecule has 0 N–H and O–H groups in total. The summed E-state index contributed by atoms with van der Waals surface area (Å²) in [5.74, 6) is 0.632. The first-order valence-electron chi connectivity index (χ1n) is 26.9. The standard InChI is InChI=1S/C68H85BrN2S/c1-63(2,3)47-26-31-59(56(39-47)46-34-50(66(10,11)12)36-51(35-46)67(13,14)15)71(60-32-27-49(41-58(60)69)65(7,8)9)55-38-52(68(16,17)18)37-54(42-55)70(53-29-24-45(25-30-53)44-22-20-19-21-23-44)61-43-72-62-33-28-48(40-57(61)62)64(4,5)6/h24-44H,19-23H2,1-18H3. The van der Waals surface area contributed by atoms with Crippen LogP contribution in [-0.2, 0) is 32.5 Å². The van der Waals surface area contributed by atoms with Crippen molar-refractivity contribution in [3.8, 4) is 11.1 Å². The molecule has 1 heterocycles. The molecule has 2 nitrogen and oxygen atoms in total. The zero-order chi connectivity index (χ0) is 52.5. The van der Waals surface area contributed by atoms with Gasteiger partial charge in [0.1, 0.15) is 0 Å². The molecular formula is C68H85BrN2S. The van der Waals surface area contributed by atoms with E-state index in [-0.39, 0.29) is 32.5 Å². The highest BCUT2D eigenvalue weighted by molar-refractivity contribution is 9.10. The van der Waals surface area contributed by atoms with Crippen LogP contribution in [0.4, 0.5) is 34.1 Å². The van der Waals surface area contributed by atoms with Crippen LogP contribution in [-0.4, -0.2) is 0 Å². The molecule has 0 bridgehead atoms. The Kier molecular flexibility index (Phi) is 14.6. The fraction of sp³-hybridized carbons (Fsp3) is 0.441. The summed E-state index contributed by atoms with van der Waals surface area (Å²) in [6.07, 6.45) is 6.56. The van der Waals surface area contributed by atoms with Crippen molar-refractivity contribution in [2.24, 2.45) is 0 Å². The number of anilines is 6. The van der Waals surface area contributed by atoms with Gasteiger partial charge in [-0.15, -0.1) is 11.3 Å². The maximum Gasteiger partial charge on any atom is 0.0647 e. The predicted molar refractivity (Wildman–Crippen MR) is 322 cm³/mol. The molecular weight excluding hydrogens is 957 g/mol. The first-order chi connectivity index (χ1) is 33.4. The number of benzene rings is 6. The van der Waals surface area contributed by atoms with Crippen LogP contribution >= 0.6 is 27.3 Å². The summed E-state index contributed by atoms with van der Waals surface area (Å²) in [4.78, 5) is 5.13. The summed E-state index contributed by atoms with van der Waals surface area (Å²) in [5, 5.41) is 3.69. The first-order valence-corrected chi connectivity index (χ1v) is 28.5. The van der Waals surface area contributed by atoms with E-state index in [4.69, 9.17) is 0 Å². The Labute approximate surface area is 448 Å². The lowest BCUT2D eigenvalue weighted by Gasteiger charge is -2.35. The molecule has 6 aromatic carbocycles. The molecule has 72 heavy (non-hydrogen) atoms. The minimum Gasteiger partial charge on any atom is -0.309 e. The minimum atomic E-state index is -0.169. The van der Waals surface area contributed by atoms with E-state index < -0.39 is 0 Å². The van der Waals surface area contributed by atoms with E-state index in [2.05, 4.69) is 271 Å². The van der Waals surface area contributed by atoms with Crippen LogP contribution in [0.1, 0.15) is 202 Å². The third-order valence-electron chi connectivity index (χ3n) is 15.3. The lowest BCUT2D eigenvalue weighted by atomic mass is 9.78. The maximum absolute atomic E-state index is 4.25. The van der Waals surface area contributed by atoms with Gasteiger partial charge in [-0.2, -0.15) is 0 Å². The van der Waals surface area contributed by atoms with Crippen molar-refractivity contribution in [2.75, 3.05) is 9.80 Å². The van der Waals surface area contributed by atoms with Gasteiger partial charge < -0.3 is 9.80 Å². The van der Waals surface area contributed by atoms with Gasteiger partial charge in [-0.05, 0) is 178 Å². The third kappa shape index (κ3) is 11.5. The number of halogens is 1. The Bertz CT molecular complexity index is 3030. The molecule has 4 heteroatoms. The van der Waals surface area contributed by atoms with E-state index in [0.29, 0.717) is 5.92 Å². The number of fused-ring (bicyclic) bond motifs is 1. The van der Waals surface area contributed by atoms with Crippen molar-refractivity contribution in [1.29, 1.82) is 0 Å². The summed E-state index contributed by atoms with van der Waals surface area (Å²) in [6.45, 7) is 42.1.